The third-order valence-corrected chi connectivity index (χ3v) is 9.08. The first-order valence-electron chi connectivity index (χ1n) is 14.5. The van der Waals surface area contributed by atoms with Crippen molar-refractivity contribution in [3.8, 4) is 5.75 Å². The highest BCUT2D eigenvalue weighted by molar-refractivity contribution is 6.30. The van der Waals surface area contributed by atoms with E-state index in [1.807, 2.05) is 0 Å². The number of amides is 2. The number of carbonyl (C=O) groups excluding carboxylic acids is 3. The largest absolute Gasteiger partial charge is 0.511 e. The van der Waals surface area contributed by atoms with Crippen molar-refractivity contribution < 1.29 is 38.1 Å². The van der Waals surface area contributed by atoms with Gasteiger partial charge in [-0.2, -0.15) is 0 Å². The Bertz CT molecular complexity index is 1580. The van der Waals surface area contributed by atoms with Gasteiger partial charge >= 0.3 is 6.16 Å². The number of carbonyl (C=O) groups is 3. The predicted molar refractivity (Wildman–Crippen MR) is 150 cm³/mol. The van der Waals surface area contributed by atoms with Gasteiger partial charge in [0.15, 0.2) is 0 Å². The second kappa shape index (κ2) is 10.8. The van der Waals surface area contributed by atoms with E-state index in [1.165, 1.54) is 27.7 Å². The molecule has 2 aliphatic heterocycles. The standard InChI is InChI=1S/C30H33ClFN3O8/c1-15(2)43-29(40)42-14-41-25-23-19(7-9-33(26(23)37)13-17-4-5-22(32)21(31)10-17)24-27(38)34(12-16(3)36)30(35(24)28(25)39)8-6-18-11-20(18)30/h4-5,10,15-16,18,20,36H,6-9,11-14H2,1-3H3/t16-,18-,20+,30+/m0/s1. The van der Waals surface area contributed by atoms with Gasteiger partial charge < -0.3 is 29.1 Å². The lowest BCUT2D eigenvalue weighted by Gasteiger charge is -2.39. The Balaban J connectivity index is 1.44. The molecule has 1 aromatic heterocycles. The molecule has 2 amide bonds. The molecule has 4 aliphatic rings. The van der Waals surface area contributed by atoms with Gasteiger partial charge in [0, 0.05) is 31.1 Å². The minimum Gasteiger partial charge on any atom is -0.451 e. The summed E-state index contributed by atoms with van der Waals surface area (Å²) in [7, 11) is 0. The fourth-order valence-electron chi connectivity index (χ4n) is 7.04. The van der Waals surface area contributed by atoms with Crippen molar-refractivity contribution in [2.45, 2.75) is 70.9 Å². The third kappa shape index (κ3) is 4.84. The van der Waals surface area contributed by atoms with E-state index in [9.17, 15) is 28.7 Å². The molecule has 11 nitrogen and oxygen atoms in total. The van der Waals surface area contributed by atoms with Crippen LogP contribution in [0.4, 0.5) is 9.18 Å². The zero-order valence-corrected chi connectivity index (χ0v) is 24.9. The van der Waals surface area contributed by atoms with Gasteiger partial charge in [-0.1, -0.05) is 17.7 Å². The Morgan fingerprint density at radius 3 is 2.60 bits per heavy atom. The lowest BCUT2D eigenvalue weighted by atomic mass is 9.95. The maximum absolute atomic E-state index is 14.4. The Morgan fingerprint density at radius 1 is 1.21 bits per heavy atom. The first-order chi connectivity index (χ1) is 20.4. The second-order valence-electron chi connectivity index (χ2n) is 12.0. The van der Waals surface area contributed by atoms with Gasteiger partial charge in [-0.25, -0.2) is 9.18 Å². The first-order valence-corrected chi connectivity index (χ1v) is 14.8. The normalized spacial score (nSPS) is 24.3. The third-order valence-electron chi connectivity index (χ3n) is 8.79. The minimum atomic E-state index is -1.00. The maximum Gasteiger partial charge on any atom is 0.511 e. The Kier molecular flexibility index (Phi) is 7.40. The van der Waals surface area contributed by atoms with Gasteiger partial charge in [0.05, 0.1) is 22.8 Å². The number of fused-ring (bicyclic) bond motifs is 6. The summed E-state index contributed by atoms with van der Waals surface area (Å²) in [5.74, 6) is -1.48. The molecule has 2 aliphatic carbocycles. The van der Waals surface area contributed by atoms with Crippen molar-refractivity contribution in [1.29, 1.82) is 0 Å². The van der Waals surface area contributed by atoms with Gasteiger partial charge in [0.2, 0.25) is 12.5 Å². The number of aromatic nitrogens is 1. The Labute approximate surface area is 252 Å². The zero-order chi connectivity index (χ0) is 30.8. The molecule has 1 spiro atoms. The molecular formula is C30H33ClFN3O8. The quantitative estimate of drug-likeness (QED) is 0.351. The molecule has 0 bridgehead atoms. The van der Waals surface area contributed by atoms with Crippen LogP contribution in [0, 0.1) is 17.7 Å². The van der Waals surface area contributed by atoms with E-state index in [0.29, 0.717) is 23.5 Å². The lowest BCUT2D eigenvalue weighted by Crippen LogP contribution is -2.52. The van der Waals surface area contributed by atoms with Gasteiger partial charge in [0.25, 0.3) is 17.4 Å². The second-order valence-corrected chi connectivity index (χ2v) is 12.4. The number of ether oxygens (including phenoxy) is 3. The molecule has 4 atom stereocenters. The van der Waals surface area contributed by atoms with Crippen molar-refractivity contribution in [3.05, 3.63) is 61.8 Å². The molecule has 1 aromatic carbocycles. The Hall–Kier alpha value is -3.64. The smallest absolute Gasteiger partial charge is 0.451 e. The number of hydrogen-bond donors (Lipinski definition) is 1. The van der Waals surface area contributed by atoms with E-state index >= 15 is 0 Å². The van der Waals surface area contributed by atoms with Crippen molar-refractivity contribution in [3.63, 3.8) is 0 Å². The van der Waals surface area contributed by atoms with Crippen LogP contribution in [0.1, 0.15) is 72.0 Å². The number of rotatable bonds is 8. The summed E-state index contributed by atoms with van der Waals surface area (Å²) in [4.78, 5) is 57.6. The van der Waals surface area contributed by atoms with E-state index in [4.69, 9.17) is 25.8 Å². The molecule has 230 valence electrons. The van der Waals surface area contributed by atoms with Gasteiger partial charge in [0.1, 0.15) is 17.2 Å². The molecule has 0 saturated heterocycles. The topological polar surface area (TPSA) is 128 Å². The van der Waals surface area contributed by atoms with E-state index in [0.717, 1.165) is 12.8 Å². The van der Waals surface area contributed by atoms with Crippen LogP contribution in [0.25, 0.3) is 0 Å². The van der Waals surface area contributed by atoms with Crippen LogP contribution in [0.3, 0.4) is 0 Å². The molecular weight excluding hydrogens is 585 g/mol. The molecule has 3 heterocycles. The summed E-state index contributed by atoms with van der Waals surface area (Å²) < 4.78 is 31.0. The minimum absolute atomic E-state index is 0.0314. The van der Waals surface area contributed by atoms with Gasteiger partial charge in [-0.3, -0.25) is 19.0 Å². The molecule has 0 radical (unpaired) electrons. The number of aliphatic hydroxyl groups excluding tert-OH is 1. The maximum atomic E-state index is 14.4. The highest BCUT2D eigenvalue weighted by atomic mass is 35.5. The zero-order valence-electron chi connectivity index (χ0n) is 24.1. The van der Waals surface area contributed by atoms with Crippen LogP contribution in [0.5, 0.6) is 5.75 Å². The van der Waals surface area contributed by atoms with E-state index in [-0.39, 0.29) is 54.0 Å². The van der Waals surface area contributed by atoms with Crippen LogP contribution in [-0.4, -0.2) is 69.5 Å². The molecule has 2 fully saturated rings. The summed E-state index contributed by atoms with van der Waals surface area (Å²) >= 11 is 5.96. The fraction of sp³-hybridized carbons (Fsp3) is 0.533. The highest BCUT2D eigenvalue weighted by Gasteiger charge is 2.67. The van der Waals surface area contributed by atoms with E-state index in [2.05, 4.69) is 0 Å². The molecule has 1 N–H and O–H groups in total. The number of β-amino-alcohol motifs (C(OH)–C–C–N with tert-alkyl or cyclic N) is 1. The average molecular weight is 618 g/mol. The van der Waals surface area contributed by atoms with Crippen LogP contribution in [0.15, 0.2) is 23.0 Å². The predicted octanol–water partition coefficient (Wildman–Crippen LogP) is 3.66. The van der Waals surface area contributed by atoms with E-state index < -0.39 is 54.0 Å². The van der Waals surface area contributed by atoms with E-state index in [1.54, 1.807) is 25.7 Å². The summed E-state index contributed by atoms with van der Waals surface area (Å²) in [6.45, 7) is 4.51. The summed E-state index contributed by atoms with van der Waals surface area (Å²) in [6, 6.07) is 4.15. The number of aliphatic hydroxyl groups is 1. The Morgan fingerprint density at radius 2 is 1.98 bits per heavy atom. The van der Waals surface area contributed by atoms with Crippen LogP contribution >= 0.6 is 11.6 Å². The molecule has 2 aromatic rings. The molecule has 43 heavy (non-hydrogen) atoms. The monoisotopic (exact) mass is 617 g/mol. The number of pyridine rings is 1. The molecule has 2 saturated carbocycles. The highest BCUT2D eigenvalue weighted by Crippen LogP contribution is 2.64. The average Bonchev–Trinajstić information content (AvgIpc) is 3.58. The number of nitrogens with zero attached hydrogens (tertiary/aromatic N) is 3. The van der Waals surface area contributed by atoms with Crippen LogP contribution < -0.4 is 10.3 Å². The molecule has 6 rings (SSSR count). The lowest BCUT2D eigenvalue weighted by molar-refractivity contribution is -0.0109. The van der Waals surface area contributed by atoms with Crippen molar-refractivity contribution in [2.75, 3.05) is 19.9 Å². The van der Waals surface area contributed by atoms with Crippen molar-refractivity contribution >= 4 is 29.6 Å². The number of halogens is 2. The van der Waals surface area contributed by atoms with Crippen LogP contribution in [-0.2, 0) is 28.1 Å². The summed E-state index contributed by atoms with van der Waals surface area (Å²) in [5, 5.41) is 10.3. The fourth-order valence-corrected chi connectivity index (χ4v) is 7.24. The number of hydrogen-bond acceptors (Lipinski definition) is 8. The summed E-state index contributed by atoms with van der Waals surface area (Å²) in [6.07, 6.45) is 0.156. The number of benzene rings is 1. The van der Waals surface area contributed by atoms with Gasteiger partial charge in [-0.15, -0.1) is 0 Å². The summed E-state index contributed by atoms with van der Waals surface area (Å²) in [5.41, 5.74) is -0.640. The SMILES string of the molecule is CC(C)OC(=O)OCOc1c2c(c3n(c1=O)[C@@]1(CC[C@H]4C[C@H]41)N(C[C@H](C)O)C3=O)CCN(Cc1ccc(F)c(Cl)c1)C2=O. The van der Waals surface area contributed by atoms with Crippen LogP contribution in [0.2, 0.25) is 5.02 Å². The van der Waals surface area contributed by atoms with Crippen molar-refractivity contribution in [2.24, 2.45) is 11.8 Å². The van der Waals surface area contributed by atoms with Gasteiger partial charge in [-0.05, 0) is 70.1 Å². The first kappa shape index (κ1) is 29.4. The molecule has 0 unspecified atom stereocenters. The molecule has 13 heteroatoms. The van der Waals surface area contributed by atoms with Crippen molar-refractivity contribution in [1.82, 2.24) is 14.4 Å².